The molecule has 2 N–H and O–H groups in total. The lowest BCUT2D eigenvalue weighted by atomic mass is 10.1. The molecule has 0 atom stereocenters. The minimum atomic E-state index is 0.751. The van der Waals surface area contributed by atoms with E-state index in [1.165, 1.54) is 4.70 Å². The maximum Gasteiger partial charge on any atom is 0.125 e. The van der Waals surface area contributed by atoms with Gasteiger partial charge in [0.15, 0.2) is 0 Å². The summed E-state index contributed by atoms with van der Waals surface area (Å²) in [4.78, 5) is 9.18. The monoisotopic (exact) mass is 309 g/mol. The van der Waals surface area contributed by atoms with E-state index >= 15 is 0 Å². The Balaban J connectivity index is 1.78. The zero-order chi connectivity index (χ0) is 14.2. The maximum absolute atomic E-state index is 6.01. The van der Waals surface area contributed by atoms with E-state index in [1.807, 2.05) is 41.9 Å². The van der Waals surface area contributed by atoms with Gasteiger partial charge in [0.2, 0.25) is 0 Å². The number of rotatable bonds is 2. The second kappa shape index (κ2) is 4.95. The summed E-state index contributed by atoms with van der Waals surface area (Å²) in [6, 6.07) is 12.0. The highest BCUT2D eigenvalue weighted by Crippen LogP contribution is 2.32. The van der Waals surface area contributed by atoms with Gasteiger partial charge in [-0.3, -0.25) is 4.98 Å². The van der Waals surface area contributed by atoms with Crippen molar-refractivity contribution >= 4 is 38.6 Å². The molecule has 5 heteroatoms. The van der Waals surface area contributed by atoms with Crippen LogP contribution in [-0.2, 0) is 0 Å². The molecule has 0 amide bonds. The van der Waals surface area contributed by atoms with Gasteiger partial charge in [-0.2, -0.15) is 0 Å². The SMILES string of the molecule is Nc1ccccc1-c1csc(-c2cnc3ccsc3c2)n1. The van der Waals surface area contributed by atoms with Gasteiger partial charge < -0.3 is 5.73 Å². The molecule has 21 heavy (non-hydrogen) atoms. The number of benzene rings is 1. The minimum Gasteiger partial charge on any atom is -0.398 e. The van der Waals surface area contributed by atoms with Crippen molar-refractivity contribution in [2.45, 2.75) is 0 Å². The summed E-state index contributed by atoms with van der Waals surface area (Å²) in [6.45, 7) is 0. The highest BCUT2D eigenvalue weighted by Gasteiger charge is 2.10. The van der Waals surface area contributed by atoms with Gasteiger partial charge in [0.05, 0.1) is 15.9 Å². The van der Waals surface area contributed by atoms with Crippen LogP contribution in [0.25, 0.3) is 32.0 Å². The van der Waals surface area contributed by atoms with E-state index in [1.54, 1.807) is 22.7 Å². The Morgan fingerprint density at radius 3 is 2.86 bits per heavy atom. The first-order chi connectivity index (χ1) is 10.3. The van der Waals surface area contributed by atoms with Crippen LogP contribution in [0.5, 0.6) is 0 Å². The smallest absolute Gasteiger partial charge is 0.125 e. The predicted octanol–water partition coefficient (Wildman–Crippen LogP) is 4.67. The number of hydrogen-bond donors (Lipinski definition) is 1. The Morgan fingerprint density at radius 2 is 1.95 bits per heavy atom. The Bertz CT molecular complexity index is 924. The first-order valence-corrected chi connectivity index (χ1v) is 8.21. The number of fused-ring (bicyclic) bond motifs is 1. The second-order valence-electron chi connectivity index (χ2n) is 4.65. The molecule has 1 aromatic carbocycles. The van der Waals surface area contributed by atoms with Crippen molar-refractivity contribution in [1.82, 2.24) is 9.97 Å². The van der Waals surface area contributed by atoms with Crippen LogP contribution in [0, 0.1) is 0 Å². The highest BCUT2D eigenvalue weighted by molar-refractivity contribution is 7.17. The average Bonchev–Trinajstić information content (AvgIpc) is 3.16. The number of nitrogens with two attached hydrogens (primary N) is 1. The van der Waals surface area contributed by atoms with Gasteiger partial charge in [0, 0.05) is 28.4 Å². The van der Waals surface area contributed by atoms with Crippen molar-refractivity contribution in [3.63, 3.8) is 0 Å². The molecule has 0 saturated carbocycles. The third-order valence-corrected chi connectivity index (χ3v) is 5.04. The molecule has 4 aromatic rings. The van der Waals surface area contributed by atoms with Crippen molar-refractivity contribution in [2.75, 3.05) is 5.73 Å². The molecule has 0 fully saturated rings. The van der Waals surface area contributed by atoms with Crippen LogP contribution in [-0.4, -0.2) is 9.97 Å². The van der Waals surface area contributed by atoms with E-state index in [9.17, 15) is 0 Å². The molecule has 0 radical (unpaired) electrons. The van der Waals surface area contributed by atoms with Crippen molar-refractivity contribution in [3.8, 4) is 21.8 Å². The minimum absolute atomic E-state index is 0.751. The summed E-state index contributed by atoms with van der Waals surface area (Å²) in [5.74, 6) is 0. The van der Waals surface area contributed by atoms with Crippen molar-refractivity contribution in [3.05, 3.63) is 53.4 Å². The molecular formula is C16H11N3S2. The Morgan fingerprint density at radius 1 is 1.05 bits per heavy atom. The topological polar surface area (TPSA) is 51.8 Å². The van der Waals surface area contributed by atoms with Gasteiger partial charge in [-0.15, -0.1) is 22.7 Å². The lowest BCUT2D eigenvalue weighted by Crippen LogP contribution is -1.89. The molecule has 0 aliphatic heterocycles. The summed E-state index contributed by atoms with van der Waals surface area (Å²) in [7, 11) is 0. The Kier molecular flexibility index (Phi) is 2.94. The largest absolute Gasteiger partial charge is 0.398 e. The number of para-hydroxylation sites is 1. The molecule has 0 bridgehead atoms. The lowest BCUT2D eigenvalue weighted by Gasteiger charge is -2.01. The number of pyridine rings is 1. The Hall–Kier alpha value is -2.24. The first-order valence-electron chi connectivity index (χ1n) is 6.45. The summed E-state index contributed by atoms with van der Waals surface area (Å²) >= 11 is 3.31. The molecular weight excluding hydrogens is 298 g/mol. The van der Waals surface area contributed by atoms with E-state index in [0.29, 0.717) is 0 Å². The molecule has 3 nitrogen and oxygen atoms in total. The number of thiazole rings is 1. The molecule has 3 heterocycles. The third-order valence-electron chi connectivity index (χ3n) is 3.29. The molecule has 0 aliphatic carbocycles. The number of nitrogens with zero attached hydrogens (tertiary/aromatic N) is 2. The zero-order valence-corrected chi connectivity index (χ0v) is 12.6. The Labute approximate surface area is 129 Å². The van der Waals surface area contributed by atoms with Crippen LogP contribution in [0.15, 0.2) is 53.4 Å². The lowest BCUT2D eigenvalue weighted by molar-refractivity contribution is 1.37. The van der Waals surface area contributed by atoms with Crippen molar-refractivity contribution in [2.24, 2.45) is 0 Å². The summed E-state index contributed by atoms with van der Waals surface area (Å²) in [5, 5.41) is 5.06. The zero-order valence-electron chi connectivity index (χ0n) is 11.0. The van der Waals surface area contributed by atoms with E-state index in [0.717, 1.165) is 33.0 Å². The molecule has 102 valence electrons. The molecule has 3 aromatic heterocycles. The van der Waals surface area contributed by atoms with Crippen LogP contribution >= 0.6 is 22.7 Å². The summed E-state index contributed by atoms with van der Waals surface area (Å²) in [5.41, 5.74) is 10.7. The second-order valence-corrected chi connectivity index (χ2v) is 6.46. The average molecular weight is 309 g/mol. The van der Waals surface area contributed by atoms with E-state index < -0.39 is 0 Å². The van der Waals surface area contributed by atoms with Crippen molar-refractivity contribution in [1.29, 1.82) is 0 Å². The van der Waals surface area contributed by atoms with Crippen molar-refractivity contribution < 1.29 is 0 Å². The molecule has 0 aliphatic rings. The summed E-state index contributed by atoms with van der Waals surface area (Å²) < 4.78 is 1.18. The summed E-state index contributed by atoms with van der Waals surface area (Å²) in [6.07, 6.45) is 1.88. The van der Waals surface area contributed by atoms with Crippen LogP contribution in [0.4, 0.5) is 5.69 Å². The number of anilines is 1. The van der Waals surface area contributed by atoms with Crippen LogP contribution in [0.3, 0.4) is 0 Å². The van der Waals surface area contributed by atoms with E-state index in [4.69, 9.17) is 10.7 Å². The maximum atomic E-state index is 6.01. The number of nitrogen functional groups attached to an aromatic ring is 1. The standard InChI is InChI=1S/C16H11N3S2/c17-12-4-2-1-3-11(12)14-9-21-16(19-14)10-7-15-13(18-8-10)5-6-20-15/h1-9H,17H2. The van der Waals surface area contributed by atoms with Crippen LogP contribution < -0.4 is 5.73 Å². The van der Waals surface area contributed by atoms with E-state index in [2.05, 4.69) is 16.4 Å². The first kappa shape index (κ1) is 12.5. The van der Waals surface area contributed by atoms with Gasteiger partial charge in [0.1, 0.15) is 5.01 Å². The number of aromatic nitrogens is 2. The molecule has 0 saturated heterocycles. The van der Waals surface area contributed by atoms with Crippen LogP contribution in [0.1, 0.15) is 0 Å². The predicted molar refractivity (Wildman–Crippen MR) is 90.6 cm³/mol. The van der Waals surface area contributed by atoms with Gasteiger partial charge in [-0.25, -0.2) is 4.98 Å². The number of thiophene rings is 1. The number of hydrogen-bond acceptors (Lipinski definition) is 5. The van der Waals surface area contributed by atoms with Gasteiger partial charge in [0.25, 0.3) is 0 Å². The fourth-order valence-electron chi connectivity index (χ4n) is 2.22. The van der Waals surface area contributed by atoms with E-state index in [-0.39, 0.29) is 0 Å². The highest BCUT2D eigenvalue weighted by atomic mass is 32.1. The molecule has 0 spiro atoms. The molecule has 0 unspecified atom stereocenters. The van der Waals surface area contributed by atoms with Crippen LogP contribution in [0.2, 0.25) is 0 Å². The van der Waals surface area contributed by atoms with Gasteiger partial charge in [-0.05, 0) is 23.6 Å². The fourth-order valence-corrected chi connectivity index (χ4v) is 3.81. The molecule has 4 rings (SSSR count). The third kappa shape index (κ3) is 2.20. The quantitative estimate of drug-likeness (QED) is 0.547. The van der Waals surface area contributed by atoms with Gasteiger partial charge >= 0.3 is 0 Å². The van der Waals surface area contributed by atoms with Gasteiger partial charge in [-0.1, -0.05) is 18.2 Å². The fraction of sp³-hybridized carbons (Fsp3) is 0. The normalized spacial score (nSPS) is 11.0.